The molecule has 1 aliphatic heterocycles. The molecule has 1 N–H and O–H groups in total. The number of ether oxygens (including phenoxy) is 2. The number of carbonyl (C=O) groups excluding carboxylic acids is 2. The number of rotatable bonds is 6. The molecule has 1 aromatic heterocycles. The maximum absolute atomic E-state index is 13.9. The fourth-order valence-electron chi connectivity index (χ4n) is 4.83. The third kappa shape index (κ3) is 4.00. The van der Waals surface area contributed by atoms with Crippen molar-refractivity contribution in [3.8, 4) is 11.5 Å². The Kier molecular flexibility index (Phi) is 5.94. The monoisotopic (exact) mass is 462 g/mol. The van der Waals surface area contributed by atoms with Crippen molar-refractivity contribution in [1.29, 1.82) is 0 Å². The fraction of sp³-hybridized carbons (Fsp3) is 0.407. The number of hydrogen-bond acceptors (Lipinski definition) is 5. The van der Waals surface area contributed by atoms with Crippen LogP contribution in [0.2, 0.25) is 0 Å². The molecular weight excluding hydrogens is 432 g/mol. The molecule has 178 valence electrons. The minimum Gasteiger partial charge on any atom is -0.494 e. The molecule has 0 bridgehead atoms. The van der Waals surface area contributed by atoms with Crippen LogP contribution >= 0.6 is 0 Å². The molecule has 0 spiro atoms. The summed E-state index contributed by atoms with van der Waals surface area (Å²) in [5, 5.41) is 3.90. The van der Waals surface area contributed by atoms with Crippen molar-refractivity contribution >= 4 is 22.8 Å². The van der Waals surface area contributed by atoms with Gasteiger partial charge in [-0.2, -0.15) is 0 Å². The Morgan fingerprint density at radius 1 is 1.15 bits per heavy atom. The van der Waals surface area contributed by atoms with Crippen LogP contribution < -0.4 is 14.8 Å². The molecule has 34 heavy (non-hydrogen) atoms. The van der Waals surface area contributed by atoms with Crippen molar-refractivity contribution in [2.45, 2.75) is 57.7 Å². The van der Waals surface area contributed by atoms with E-state index in [9.17, 15) is 9.59 Å². The number of benzene rings is 2. The zero-order valence-corrected chi connectivity index (χ0v) is 19.6. The number of nitrogens with one attached hydrogen (secondary N) is 1. The van der Waals surface area contributed by atoms with E-state index in [0.717, 1.165) is 42.4 Å². The molecule has 7 heteroatoms. The van der Waals surface area contributed by atoms with Crippen LogP contribution in [0.25, 0.3) is 11.0 Å². The summed E-state index contributed by atoms with van der Waals surface area (Å²) in [6.45, 7) is 4.56. The van der Waals surface area contributed by atoms with Gasteiger partial charge in [0.15, 0.2) is 11.3 Å². The third-order valence-electron chi connectivity index (χ3n) is 6.84. The zero-order chi connectivity index (χ0) is 23.7. The second-order valence-electron chi connectivity index (χ2n) is 9.24. The van der Waals surface area contributed by atoms with Crippen LogP contribution in [0.15, 0.2) is 52.9 Å². The quantitative estimate of drug-likeness (QED) is 0.575. The van der Waals surface area contributed by atoms with Crippen molar-refractivity contribution in [2.24, 2.45) is 0 Å². The van der Waals surface area contributed by atoms with E-state index < -0.39 is 5.54 Å². The Morgan fingerprint density at radius 3 is 2.62 bits per heavy atom. The number of para-hydroxylation sites is 1. The largest absolute Gasteiger partial charge is 0.494 e. The topological polar surface area (TPSA) is 81.0 Å². The first-order chi connectivity index (χ1) is 16.5. The maximum atomic E-state index is 13.9. The van der Waals surface area contributed by atoms with Gasteiger partial charge in [0.2, 0.25) is 11.7 Å². The van der Waals surface area contributed by atoms with Gasteiger partial charge in [0, 0.05) is 12.6 Å². The molecule has 0 saturated heterocycles. The average molecular weight is 463 g/mol. The Labute approximate surface area is 199 Å². The van der Waals surface area contributed by atoms with Gasteiger partial charge >= 0.3 is 0 Å². The van der Waals surface area contributed by atoms with Gasteiger partial charge in [-0.15, -0.1) is 0 Å². The van der Waals surface area contributed by atoms with Gasteiger partial charge < -0.3 is 24.1 Å². The Bertz CT molecular complexity index is 1200. The van der Waals surface area contributed by atoms with Gasteiger partial charge in [-0.25, -0.2) is 0 Å². The van der Waals surface area contributed by atoms with Crippen molar-refractivity contribution < 1.29 is 23.5 Å². The lowest BCUT2D eigenvalue weighted by Crippen LogP contribution is -2.61. The number of amides is 2. The third-order valence-corrected chi connectivity index (χ3v) is 6.84. The maximum Gasteiger partial charge on any atom is 0.294 e. The molecule has 2 aliphatic rings. The summed E-state index contributed by atoms with van der Waals surface area (Å²) < 4.78 is 17.6. The number of fused-ring (bicyclic) bond motifs is 3. The Morgan fingerprint density at radius 2 is 1.88 bits per heavy atom. The summed E-state index contributed by atoms with van der Waals surface area (Å²) in [5.41, 5.74) is 0.262. The van der Waals surface area contributed by atoms with E-state index in [2.05, 4.69) is 5.32 Å². The van der Waals surface area contributed by atoms with Crippen molar-refractivity contribution in [2.75, 3.05) is 13.2 Å². The van der Waals surface area contributed by atoms with Crippen LogP contribution in [0.4, 0.5) is 0 Å². The van der Waals surface area contributed by atoms with Gasteiger partial charge in [0.1, 0.15) is 17.9 Å². The molecule has 7 nitrogen and oxygen atoms in total. The van der Waals surface area contributed by atoms with Crippen molar-refractivity contribution in [1.82, 2.24) is 10.2 Å². The molecule has 3 aromatic rings. The predicted octanol–water partition coefficient (Wildman–Crippen LogP) is 4.68. The van der Waals surface area contributed by atoms with Crippen molar-refractivity contribution in [3.05, 3.63) is 59.9 Å². The number of furan rings is 1. The van der Waals surface area contributed by atoms with Crippen molar-refractivity contribution in [3.63, 3.8) is 0 Å². The minimum atomic E-state index is -1.21. The first kappa shape index (κ1) is 22.3. The zero-order valence-electron chi connectivity index (χ0n) is 19.6. The molecule has 2 aromatic carbocycles. The van der Waals surface area contributed by atoms with Crippen LogP contribution in [0, 0.1) is 0 Å². The van der Waals surface area contributed by atoms with Crippen LogP contribution in [0.5, 0.6) is 11.5 Å². The summed E-state index contributed by atoms with van der Waals surface area (Å²) in [6, 6.07) is 15.1. The lowest BCUT2D eigenvalue weighted by Gasteiger charge is -2.38. The highest BCUT2D eigenvalue weighted by Crippen LogP contribution is 2.39. The summed E-state index contributed by atoms with van der Waals surface area (Å²) in [7, 11) is 0. The molecule has 0 unspecified atom stereocenters. The van der Waals surface area contributed by atoms with E-state index in [1.807, 2.05) is 55.5 Å². The van der Waals surface area contributed by atoms with Gasteiger partial charge in [-0.1, -0.05) is 37.1 Å². The van der Waals surface area contributed by atoms with Crippen LogP contribution in [0.3, 0.4) is 0 Å². The molecule has 2 amide bonds. The van der Waals surface area contributed by atoms with Crippen LogP contribution in [-0.4, -0.2) is 41.5 Å². The number of carbonyl (C=O) groups is 2. The van der Waals surface area contributed by atoms with Gasteiger partial charge in [-0.3, -0.25) is 9.59 Å². The molecular formula is C27H30N2O5. The molecule has 1 fully saturated rings. The second-order valence-corrected chi connectivity index (χ2v) is 9.24. The number of hydrogen-bond donors (Lipinski definition) is 1. The highest BCUT2D eigenvalue weighted by molar-refractivity contribution is 6.04. The summed E-state index contributed by atoms with van der Waals surface area (Å²) >= 11 is 0. The van der Waals surface area contributed by atoms with E-state index in [1.165, 1.54) is 0 Å². The second kappa shape index (κ2) is 9.05. The molecule has 1 atom stereocenters. The lowest BCUT2D eigenvalue weighted by molar-refractivity contribution is -0.133. The van der Waals surface area contributed by atoms with E-state index in [1.54, 1.807) is 11.8 Å². The first-order valence-corrected chi connectivity index (χ1v) is 12.0. The Balaban J connectivity index is 1.52. The normalized spacial score (nSPS) is 20.6. The highest BCUT2D eigenvalue weighted by Gasteiger charge is 2.48. The highest BCUT2D eigenvalue weighted by atomic mass is 16.5. The van der Waals surface area contributed by atoms with E-state index in [-0.39, 0.29) is 36.8 Å². The molecule has 1 aliphatic carbocycles. The minimum absolute atomic E-state index is 0.0326. The van der Waals surface area contributed by atoms with Gasteiger partial charge in [0.05, 0.1) is 12.0 Å². The Hall–Kier alpha value is -3.48. The van der Waals surface area contributed by atoms with E-state index >= 15 is 0 Å². The fourth-order valence-corrected chi connectivity index (χ4v) is 4.83. The van der Waals surface area contributed by atoms with E-state index in [4.69, 9.17) is 13.9 Å². The standard InChI is InChI=1S/C27H30N2O5/c1-3-32-20-14-12-18(13-15-20)16-29-25(30)24-23(21-10-6-7-11-22(21)34-24)33-17-27(29,2)26(31)28-19-8-4-5-9-19/h6-7,10-15,19H,3-5,8-9,16-17H2,1-2H3,(H,28,31)/t27-/m1/s1. The first-order valence-electron chi connectivity index (χ1n) is 12.0. The SMILES string of the molecule is CCOc1ccc(CN2C(=O)c3oc4ccccc4c3OC[C@]2(C)C(=O)NC2CCCC2)cc1. The average Bonchev–Trinajstić information content (AvgIpc) is 3.47. The molecule has 2 heterocycles. The predicted molar refractivity (Wildman–Crippen MR) is 128 cm³/mol. The van der Waals surface area contributed by atoms with Gasteiger partial charge in [0.25, 0.3) is 5.91 Å². The lowest BCUT2D eigenvalue weighted by atomic mass is 9.97. The summed E-state index contributed by atoms with van der Waals surface area (Å²) in [6.07, 6.45) is 4.13. The van der Waals surface area contributed by atoms with Crippen LogP contribution in [0.1, 0.15) is 55.6 Å². The summed E-state index contributed by atoms with van der Waals surface area (Å²) in [4.78, 5) is 29.1. The summed E-state index contributed by atoms with van der Waals surface area (Å²) in [5.74, 6) is 0.729. The smallest absolute Gasteiger partial charge is 0.294 e. The molecule has 1 saturated carbocycles. The molecule has 0 radical (unpaired) electrons. The van der Waals surface area contributed by atoms with E-state index in [0.29, 0.717) is 17.9 Å². The van der Waals surface area contributed by atoms with Gasteiger partial charge in [-0.05, 0) is 56.5 Å². The van der Waals surface area contributed by atoms with Crippen LogP contribution in [-0.2, 0) is 11.3 Å². The number of nitrogens with zero attached hydrogens (tertiary/aromatic N) is 1. The molecule has 5 rings (SSSR count).